The van der Waals surface area contributed by atoms with Crippen LogP contribution in [0.1, 0.15) is 26.0 Å². The zero-order chi connectivity index (χ0) is 10.2. The molecule has 0 aromatic carbocycles. The normalized spacial score (nSPS) is 30.8. The molecule has 1 fully saturated rings. The van der Waals surface area contributed by atoms with Gasteiger partial charge in [-0.1, -0.05) is 0 Å². The van der Waals surface area contributed by atoms with E-state index in [9.17, 15) is 5.11 Å². The second kappa shape index (κ2) is 3.07. The van der Waals surface area contributed by atoms with Crippen molar-refractivity contribution in [2.45, 2.75) is 37.8 Å². The largest absolute Gasteiger partial charge is 0.448 e. The van der Waals surface area contributed by atoms with Gasteiger partial charge in [-0.25, -0.2) is 4.98 Å². The maximum Gasteiger partial charge on any atom is 0.180 e. The van der Waals surface area contributed by atoms with Crippen LogP contribution in [0.25, 0.3) is 0 Å². The van der Waals surface area contributed by atoms with E-state index >= 15 is 0 Å². The van der Waals surface area contributed by atoms with Crippen LogP contribution in [0.2, 0.25) is 0 Å². The number of hydrogen-bond donors (Lipinski definition) is 2. The number of aliphatic hydroxyl groups is 1. The maximum atomic E-state index is 10.4. The summed E-state index contributed by atoms with van der Waals surface area (Å²) in [6.07, 6.45) is 4.33. The standard InChI is InChI=1S/C10H16N2O2/c1-9(2)10(13,3-4-12-9)5-8-6-11-7-14-8/h6-7,12-13H,3-5H2,1-2H3. The summed E-state index contributed by atoms with van der Waals surface area (Å²) in [5.74, 6) is 0.740. The topological polar surface area (TPSA) is 58.3 Å². The Morgan fingerprint density at radius 1 is 1.64 bits per heavy atom. The SMILES string of the molecule is CC1(C)NCCC1(O)Cc1cnco1. The molecule has 1 aliphatic heterocycles. The van der Waals surface area contributed by atoms with E-state index in [1.165, 1.54) is 6.39 Å². The third kappa shape index (κ3) is 1.44. The van der Waals surface area contributed by atoms with Gasteiger partial charge in [0.15, 0.2) is 6.39 Å². The highest BCUT2D eigenvalue weighted by atomic mass is 16.3. The minimum Gasteiger partial charge on any atom is -0.448 e. The van der Waals surface area contributed by atoms with Gasteiger partial charge < -0.3 is 14.8 Å². The fraction of sp³-hybridized carbons (Fsp3) is 0.700. The van der Waals surface area contributed by atoms with Gasteiger partial charge in [0.2, 0.25) is 0 Å². The van der Waals surface area contributed by atoms with Gasteiger partial charge in [-0.2, -0.15) is 0 Å². The van der Waals surface area contributed by atoms with Crippen LogP contribution in [0.4, 0.5) is 0 Å². The van der Waals surface area contributed by atoms with Crippen LogP contribution < -0.4 is 5.32 Å². The zero-order valence-corrected chi connectivity index (χ0v) is 8.58. The average Bonchev–Trinajstić information content (AvgIpc) is 2.63. The molecule has 0 radical (unpaired) electrons. The molecule has 14 heavy (non-hydrogen) atoms. The average molecular weight is 196 g/mol. The van der Waals surface area contributed by atoms with Crippen LogP contribution in [-0.2, 0) is 6.42 Å². The summed E-state index contributed by atoms with van der Waals surface area (Å²) in [6.45, 7) is 4.87. The number of aromatic nitrogens is 1. The van der Waals surface area contributed by atoms with E-state index in [0.29, 0.717) is 6.42 Å². The monoisotopic (exact) mass is 196 g/mol. The molecule has 0 bridgehead atoms. The van der Waals surface area contributed by atoms with Crippen LogP contribution in [0, 0.1) is 0 Å². The second-order valence-electron chi connectivity index (χ2n) is 4.48. The van der Waals surface area contributed by atoms with Crippen LogP contribution in [-0.4, -0.2) is 27.8 Å². The lowest BCUT2D eigenvalue weighted by molar-refractivity contribution is -0.0109. The van der Waals surface area contributed by atoms with Crippen molar-refractivity contribution >= 4 is 0 Å². The zero-order valence-electron chi connectivity index (χ0n) is 8.58. The molecule has 1 saturated heterocycles. The molecule has 4 nitrogen and oxygen atoms in total. The van der Waals surface area contributed by atoms with E-state index in [0.717, 1.165) is 18.7 Å². The molecule has 0 aliphatic carbocycles. The Hall–Kier alpha value is -0.870. The minimum atomic E-state index is -0.730. The van der Waals surface area contributed by atoms with Crippen LogP contribution in [0.3, 0.4) is 0 Å². The van der Waals surface area contributed by atoms with E-state index in [1.54, 1.807) is 6.20 Å². The molecular weight excluding hydrogens is 180 g/mol. The summed E-state index contributed by atoms with van der Waals surface area (Å²) in [4.78, 5) is 3.84. The Balaban J connectivity index is 2.17. The lowest BCUT2D eigenvalue weighted by atomic mass is 9.81. The molecule has 2 rings (SSSR count). The van der Waals surface area contributed by atoms with Gasteiger partial charge >= 0.3 is 0 Å². The maximum absolute atomic E-state index is 10.4. The van der Waals surface area contributed by atoms with Crippen molar-refractivity contribution in [1.29, 1.82) is 0 Å². The van der Waals surface area contributed by atoms with Gasteiger partial charge in [0.1, 0.15) is 5.76 Å². The molecule has 1 atom stereocenters. The van der Waals surface area contributed by atoms with Crippen molar-refractivity contribution in [1.82, 2.24) is 10.3 Å². The molecular formula is C10H16N2O2. The van der Waals surface area contributed by atoms with E-state index in [4.69, 9.17) is 4.42 Å². The van der Waals surface area contributed by atoms with Gasteiger partial charge in [0, 0.05) is 12.0 Å². The van der Waals surface area contributed by atoms with E-state index < -0.39 is 5.60 Å². The van der Waals surface area contributed by atoms with Crippen molar-refractivity contribution in [3.63, 3.8) is 0 Å². The van der Waals surface area contributed by atoms with Crippen LogP contribution in [0.5, 0.6) is 0 Å². The smallest absolute Gasteiger partial charge is 0.180 e. The van der Waals surface area contributed by atoms with E-state index in [2.05, 4.69) is 10.3 Å². The highest BCUT2D eigenvalue weighted by molar-refractivity contribution is 5.10. The molecule has 4 heteroatoms. The number of nitrogens with zero attached hydrogens (tertiary/aromatic N) is 1. The summed E-state index contributed by atoms with van der Waals surface area (Å²) >= 11 is 0. The fourth-order valence-electron chi connectivity index (χ4n) is 1.99. The molecule has 1 aliphatic rings. The Kier molecular flexibility index (Phi) is 2.12. The molecule has 1 unspecified atom stereocenters. The summed E-state index contributed by atoms with van der Waals surface area (Å²) in [5, 5.41) is 13.7. The first-order chi connectivity index (χ1) is 6.54. The first-order valence-corrected chi connectivity index (χ1v) is 4.88. The lowest BCUT2D eigenvalue weighted by Crippen LogP contribution is -2.53. The highest BCUT2D eigenvalue weighted by Gasteiger charge is 2.47. The summed E-state index contributed by atoms with van der Waals surface area (Å²) in [6, 6.07) is 0. The second-order valence-corrected chi connectivity index (χ2v) is 4.48. The van der Waals surface area contributed by atoms with Crippen LogP contribution in [0.15, 0.2) is 17.0 Å². The van der Waals surface area contributed by atoms with Gasteiger partial charge in [0.25, 0.3) is 0 Å². The van der Waals surface area contributed by atoms with Gasteiger partial charge in [-0.3, -0.25) is 0 Å². The molecule has 0 spiro atoms. The Bertz CT molecular complexity index is 308. The Labute approximate surface area is 83.3 Å². The lowest BCUT2D eigenvalue weighted by Gasteiger charge is -2.35. The number of rotatable bonds is 2. The molecule has 2 N–H and O–H groups in total. The van der Waals surface area contributed by atoms with Gasteiger partial charge in [0.05, 0.1) is 11.8 Å². The molecule has 1 aromatic heterocycles. The third-order valence-electron chi connectivity index (χ3n) is 3.22. The summed E-state index contributed by atoms with van der Waals surface area (Å²) < 4.78 is 5.16. The summed E-state index contributed by atoms with van der Waals surface area (Å²) in [7, 11) is 0. The molecule has 0 saturated carbocycles. The van der Waals surface area contributed by atoms with E-state index in [-0.39, 0.29) is 5.54 Å². The van der Waals surface area contributed by atoms with Gasteiger partial charge in [-0.15, -0.1) is 0 Å². The van der Waals surface area contributed by atoms with Gasteiger partial charge in [-0.05, 0) is 26.8 Å². The van der Waals surface area contributed by atoms with E-state index in [1.807, 2.05) is 13.8 Å². The molecule has 2 heterocycles. The number of oxazole rings is 1. The highest BCUT2D eigenvalue weighted by Crippen LogP contribution is 2.33. The number of hydrogen-bond acceptors (Lipinski definition) is 4. The minimum absolute atomic E-state index is 0.264. The van der Waals surface area contributed by atoms with Crippen molar-refractivity contribution in [3.05, 3.63) is 18.4 Å². The summed E-state index contributed by atoms with van der Waals surface area (Å²) in [5.41, 5.74) is -0.994. The number of nitrogens with one attached hydrogen (secondary N) is 1. The van der Waals surface area contributed by atoms with Crippen molar-refractivity contribution in [2.24, 2.45) is 0 Å². The van der Waals surface area contributed by atoms with Crippen LogP contribution >= 0.6 is 0 Å². The molecule has 1 aromatic rings. The first-order valence-electron chi connectivity index (χ1n) is 4.88. The third-order valence-corrected chi connectivity index (χ3v) is 3.22. The Morgan fingerprint density at radius 3 is 2.93 bits per heavy atom. The van der Waals surface area contributed by atoms with Crippen molar-refractivity contribution < 1.29 is 9.52 Å². The molecule has 0 amide bonds. The van der Waals surface area contributed by atoms with Crippen molar-refractivity contribution in [3.8, 4) is 0 Å². The predicted octanol–water partition coefficient (Wildman–Crippen LogP) is 0.720. The predicted molar refractivity (Wildman–Crippen MR) is 51.9 cm³/mol. The quantitative estimate of drug-likeness (QED) is 0.731. The van der Waals surface area contributed by atoms with Crippen molar-refractivity contribution in [2.75, 3.05) is 6.54 Å². The molecule has 78 valence electrons. The fourth-order valence-corrected chi connectivity index (χ4v) is 1.99. The first kappa shape index (κ1) is 9.68. The Morgan fingerprint density at radius 2 is 2.43 bits per heavy atom.